The number of carbonyl (C=O) groups excluding carboxylic acids is 1. The van der Waals surface area contributed by atoms with Crippen molar-refractivity contribution < 1.29 is 9.53 Å². The van der Waals surface area contributed by atoms with Crippen LogP contribution in [0.2, 0.25) is 19.5 Å². The highest BCUT2D eigenvalue weighted by molar-refractivity contribution is 6.91. The number of pyridine rings is 1. The Labute approximate surface area is 243 Å². The van der Waals surface area contributed by atoms with Gasteiger partial charge < -0.3 is 15.8 Å². The molecule has 10 heteroatoms. The number of nitrogen functional groups attached to an aromatic ring is 1. The first-order valence-corrected chi connectivity index (χ1v) is 14.6. The number of aryl methyl sites for hydroxylation is 1. The molecule has 1 aliphatic heterocycles. The van der Waals surface area contributed by atoms with E-state index in [1.807, 2.05) is 25.2 Å². The van der Waals surface area contributed by atoms with Gasteiger partial charge in [-0.15, -0.1) is 0 Å². The first-order chi connectivity index (χ1) is 19.0. The second kappa shape index (κ2) is 18.2. The largest absolute Gasteiger partial charge is 0.485 e. The molecule has 8 nitrogen and oxygen atoms in total. The molecular formula is C30H50B2N6O2. The maximum atomic E-state index is 12.5. The lowest BCUT2D eigenvalue weighted by molar-refractivity contribution is 0.258. The monoisotopic (exact) mass is 548 g/mol. The number of hydrogen-bond donors (Lipinski definition) is 2. The first-order valence-electron chi connectivity index (χ1n) is 14.6. The van der Waals surface area contributed by atoms with Crippen LogP contribution >= 0.6 is 0 Å². The predicted molar refractivity (Wildman–Crippen MR) is 172 cm³/mol. The third-order valence-electron chi connectivity index (χ3n) is 6.14. The van der Waals surface area contributed by atoms with Gasteiger partial charge in [-0.25, -0.2) is 9.97 Å². The minimum Gasteiger partial charge on any atom is -0.485 e. The summed E-state index contributed by atoms with van der Waals surface area (Å²) in [6.45, 7) is 19.8. The molecule has 2 aromatic rings. The SMILES string of the molecule is CCC.CCCB(CCC)C(=O)NC1C=C(C(C)(C)C)N=CB1C.Cc1ncccc1OCc1ccnc(N)n1. The molecule has 0 spiro atoms. The van der Waals surface area contributed by atoms with Crippen molar-refractivity contribution in [3.8, 4) is 5.75 Å². The van der Waals surface area contributed by atoms with Gasteiger partial charge in [0.1, 0.15) is 12.4 Å². The second-order valence-corrected chi connectivity index (χ2v) is 11.2. The molecule has 1 amide bonds. The van der Waals surface area contributed by atoms with Crippen molar-refractivity contribution in [1.29, 1.82) is 0 Å². The summed E-state index contributed by atoms with van der Waals surface area (Å²) in [5.41, 5.74) is 8.15. The van der Waals surface area contributed by atoms with E-state index in [2.05, 4.69) is 86.6 Å². The Balaban J connectivity index is 0.000000374. The van der Waals surface area contributed by atoms with Crippen LogP contribution in [0.4, 0.5) is 10.7 Å². The fraction of sp³-hybridized carbons (Fsp3) is 0.567. The lowest BCUT2D eigenvalue weighted by Gasteiger charge is -2.28. The third kappa shape index (κ3) is 12.8. The summed E-state index contributed by atoms with van der Waals surface area (Å²) >= 11 is 0. The Hall–Kier alpha value is -3.16. The van der Waals surface area contributed by atoms with Crippen LogP contribution in [0.3, 0.4) is 0 Å². The van der Waals surface area contributed by atoms with Gasteiger partial charge in [0.15, 0.2) is 5.81 Å². The predicted octanol–water partition coefficient (Wildman–Crippen LogP) is 6.94. The van der Waals surface area contributed by atoms with Gasteiger partial charge in [0.25, 0.3) is 6.71 Å². The number of aliphatic imine (C=N–C) groups is 1. The Kier molecular flexibility index (Phi) is 15.9. The minimum absolute atomic E-state index is 0.0197. The van der Waals surface area contributed by atoms with E-state index in [1.54, 1.807) is 18.5 Å². The zero-order valence-electron chi connectivity index (χ0n) is 26.2. The number of nitrogens with one attached hydrogen (secondary N) is 1. The molecule has 218 valence electrons. The van der Waals surface area contributed by atoms with Crippen molar-refractivity contribution in [2.24, 2.45) is 10.4 Å². The van der Waals surface area contributed by atoms with Gasteiger partial charge in [0, 0.05) is 29.4 Å². The number of carbonyl (C=O) groups is 1. The molecule has 3 rings (SSSR count). The van der Waals surface area contributed by atoms with Crippen molar-refractivity contribution in [2.45, 2.75) is 107 Å². The fourth-order valence-corrected chi connectivity index (χ4v) is 3.92. The summed E-state index contributed by atoms with van der Waals surface area (Å²) in [4.78, 5) is 29.0. The van der Waals surface area contributed by atoms with E-state index in [-0.39, 0.29) is 36.5 Å². The van der Waals surface area contributed by atoms with Gasteiger partial charge >= 0.3 is 0 Å². The Morgan fingerprint density at radius 2 is 1.75 bits per heavy atom. The molecule has 0 aromatic carbocycles. The van der Waals surface area contributed by atoms with Gasteiger partial charge in [-0.05, 0) is 37.3 Å². The van der Waals surface area contributed by atoms with E-state index in [1.165, 1.54) is 6.42 Å². The molecule has 0 aliphatic carbocycles. The van der Waals surface area contributed by atoms with Gasteiger partial charge in [-0.3, -0.25) is 14.8 Å². The molecule has 0 bridgehead atoms. The first kappa shape index (κ1) is 34.9. The van der Waals surface area contributed by atoms with Crippen LogP contribution in [0.1, 0.15) is 79.1 Å². The summed E-state index contributed by atoms with van der Waals surface area (Å²) in [7, 11) is 0. The highest BCUT2D eigenvalue weighted by Gasteiger charge is 2.30. The molecule has 1 unspecified atom stereocenters. The van der Waals surface area contributed by atoms with Gasteiger partial charge in [-0.1, -0.05) is 87.2 Å². The second-order valence-electron chi connectivity index (χ2n) is 11.2. The molecule has 3 N–H and O–H groups in total. The van der Waals surface area contributed by atoms with Crippen LogP contribution < -0.4 is 15.8 Å². The highest BCUT2D eigenvalue weighted by Crippen LogP contribution is 2.28. The summed E-state index contributed by atoms with van der Waals surface area (Å²) in [5.74, 6) is 1.28. The third-order valence-corrected chi connectivity index (χ3v) is 6.14. The number of ether oxygens (including phenoxy) is 1. The van der Waals surface area contributed by atoms with Gasteiger partial charge in [0.05, 0.1) is 11.4 Å². The number of rotatable bonds is 9. The average molecular weight is 548 g/mol. The number of anilines is 1. The highest BCUT2D eigenvalue weighted by atomic mass is 16.5. The lowest BCUT2D eigenvalue weighted by atomic mass is 9.41. The van der Waals surface area contributed by atoms with E-state index in [9.17, 15) is 4.79 Å². The van der Waals surface area contributed by atoms with Crippen LogP contribution in [-0.4, -0.2) is 46.2 Å². The van der Waals surface area contributed by atoms with Crippen molar-refractivity contribution in [2.75, 3.05) is 5.73 Å². The molecular weight excluding hydrogens is 498 g/mol. The topological polar surface area (TPSA) is 115 Å². The number of nitrogens with two attached hydrogens (primary N) is 1. The Morgan fingerprint density at radius 1 is 1.10 bits per heavy atom. The molecule has 1 atom stereocenters. The van der Waals surface area contributed by atoms with Crippen molar-refractivity contribution in [3.05, 3.63) is 53.8 Å². The Morgan fingerprint density at radius 3 is 2.30 bits per heavy atom. The average Bonchev–Trinajstić information content (AvgIpc) is 2.89. The maximum Gasteiger partial charge on any atom is 0.251 e. The summed E-state index contributed by atoms with van der Waals surface area (Å²) in [6, 6.07) is 5.46. The Bertz CT molecular complexity index is 1080. The maximum absolute atomic E-state index is 12.5. The van der Waals surface area contributed by atoms with Gasteiger partial charge in [0.2, 0.25) is 12.7 Å². The zero-order valence-corrected chi connectivity index (χ0v) is 26.2. The standard InChI is InChI=1S/C16H30B2N2O.C11H12N4O.C3H8/c1-7-9-18(10-8-2)15(21)20-14-11-13(16(3,4)5)19-12-17(14)6;1-8-10(3-2-5-13-8)16-7-9-4-6-14-11(12)15-9;1-3-2/h11-12,14H,7-10H2,1-6H3,(H,20,21);2-6H,7H2,1H3,(H2,12,14,15);3H2,1-2H3. The van der Waals surface area contributed by atoms with Crippen LogP contribution in [0.25, 0.3) is 0 Å². The summed E-state index contributed by atoms with van der Waals surface area (Å²) in [6.07, 6.45) is 12.8. The van der Waals surface area contributed by atoms with Crippen molar-refractivity contribution in [3.63, 3.8) is 0 Å². The van der Waals surface area contributed by atoms with Crippen LogP contribution in [0.5, 0.6) is 5.75 Å². The molecule has 0 radical (unpaired) electrons. The van der Waals surface area contributed by atoms with Gasteiger partial charge in [-0.2, -0.15) is 0 Å². The number of hydrogen-bond acceptors (Lipinski definition) is 7. The molecule has 0 saturated carbocycles. The van der Waals surface area contributed by atoms with Crippen LogP contribution in [0, 0.1) is 12.3 Å². The zero-order chi connectivity index (χ0) is 30.1. The lowest BCUT2D eigenvalue weighted by Crippen LogP contribution is -2.50. The van der Waals surface area contributed by atoms with E-state index in [4.69, 9.17) is 10.5 Å². The van der Waals surface area contributed by atoms with E-state index in [0.29, 0.717) is 6.61 Å². The number of amides is 1. The number of nitrogens with zero attached hydrogens (tertiary/aromatic N) is 4. The fourth-order valence-electron chi connectivity index (χ4n) is 3.92. The molecule has 2 aromatic heterocycles. The molecule has 0 fully saturated rings. The minimum atomic E-state index is 0.0197. The molecule has 1 aliphatic rings. The quantitative estimate of drug-likeness (QED) is 0.328. The number of aromatic nitrogens is 3. The molecule has 3 heterocycles. The van der Waals surface area contributed by atoms with Crippen molar-refractivity contribution >= 4 is 31.3 Å². The normalized spacial score (nSPS) is 14.2. The summed E-state index contributed by atoms with van der Waals surface area (Å²) < 4.78 is 5.57. The summed E-state index contributed by atoms with van der Waals surface area (Å²) in [5, 5.41) is 3.23. The number of allylic oxidation sites excluding steroid dienone is 1. The smallest absolute Gasteiger partial charge is 0.251 e. The van der Waals surface area contributed by atoms with E-state index in [0.717, 1.165) is 48.3 Å². The van der Waals surface area contributed by atoms with Crippen molar-refractivity contribution in [1.82, 2.24) is 20.3 Å². The van der Waals surface area contributed by atoms with Crippen LogP contribution in [0.15, 0.2) is 47.4 Å². The molecule has 40 heavy (non-hydrogen) atoms. The molecule has 0 saturated heterocycles. The van der Waals surface area contributed by atoms with E-state index >= 15 is 0 Å². The van der Waals surface area contributed by atoms with E-state index < -0.39 is 0 Å². The van der Waals surface area contributed by atoms with Crippen LogP contribution in [-0.2, 0) is 6.61 Å².